The molecule has 0 heterocycles. The molecular weight excluding hydrogens is 952 g/mol. The number of carbonyl (C=O) groups excluding carboxylic acids is 2. The molecule has 0 aliphatic heterocycles. The van der Waals surface area contributed by atoms with E-state index in [9.17, 15) is 19.0 Å². The summed E-state index contributed by atoms with van der Waals surface area (Å²) in [4.78, 5) is 40.0. The molecule has 0 fully saturated rings. The Morgan fingerprint density at radius 1 is 0.480 bits per heavy atom. The number of unbranched alkanes of at least 4 members (excludes halogenated alkanes) is 34. The number of carbonyl (C=O) groups is 2. The summed E-state index contributed by atoms with van der Waals surface area (Å²) in [6.07, 6.45) is 69.0. The lowest BCUT2D eigenvalue weighted by atomic mass is 10.0. The molecule has 0 aliphatic rings. The van der Waals surface area contributed by atoms with Crippen molar-refractivity contribution >= 4 is 19.7 Å². The van der Waals surface area contributed by atoms with Crippen LogP contribution in [0.25, 0.3) is 0 Å². The zero-order chi connectivity index (χ0) is 55.0. The standard InChI is InChI=1S/C65H121N2O7P/c1-7-10-13-16-19-22-25-27-29-30-31-32-33-34-35-36-38-39-42-45-48-51-54-57-64(68)66-62(61-73-75(70,71)72-60-59-67(4,5)6)63(56-53-50-47-44-41-24-21-18-15-12-9-3)74-65(69)58-55-52-49-46-43-40-37-28-26-23-20-17-14-11-8-2/h19-20,22-23,26-29,53,56,62-63H,7-18,21,24-25,30-52,54-55,57-61H2,1-6H3,(H-,66,68,70,71)/b22-19-,23-20+,28-26+,29-27-,56-53-. The van der Waals surface area contributed by atoms with E-state index in [0.717, 1.165) is 83.5 Å². The number of ether oxygens (including phenoxy) is 1. The van der Waals surface area contributed by atoms with Crippen LogP contribution in [-0.2, 0) is 27.9 Å². The van der Waals surface area contributed by atoms with E-state index in [4.69, 9.17) is 13.8 Å². The number of allylic oxidation sites excluding steroid dienone is 9. The van der Waals surface area contributed by atoms with Gasteiger partial charge in [-0.25, -0.2) is 0 Å². The molecule has 3 unspecified atom stereocenters. The Labute approximate surface area is 464 Å². The maximum atomic E-state index is 13.5. The lowest BCUT2D eigenvalue weighted by Crippen LogP contribution is -2.47. The van der Waals surface area contributed by atoms with Crippen LogP contribution in [-0.4, -0.2) is 69.4 Å². The van der Waals surface area contributed by atoms with Crippen LogP contribution in [0.2, 0.25) is 0 Å². The van der Waals surface area contributed by atoms with Gasteiger partial charge in [0.05, 0.1) is 33.8 Å². The molecule has 0 radical (unpaired) electrons. The Kier molecular flexibility index (Phi) is 53.4. The van der Waals surface area contributed by atoms with E-state index >= 15 is 0 Å². The normalized spacial score (nSPS) is 14.1. The number of amides is 1. The molecule has 0 saturated carbocycles. The van der Waals surface area contributed by atoms with Gasteiger partial charge in [0.2, 0.25) is 5.91 Å². The molecule has 0 aromatic rings. The third-order valence-corrected chi connectivity index (χ3v) is 14.9. The van der Waals surface area contributed by atoms with Crippen molar-refractivity contribution in [3.05, 3.63) is 60.8 Å². The highest BCUT2D eigenvalue weighted by Gasteiger charge is 2.27. The number of nitrogens with zero attached hydrogens (tertiary/aromatic N) is 1. The first-order valence-corrected chi connectivity index (χ1v) is 33.1. The molecule has 3 atom stereocenters. The molecule has 0 saturated heterocycles. The third kappa shape index (κ3) is 56.2. The summed E-state index contributed by atoms with van der Waals surface area (Å²) in [6.45, 7) is 6.79. The molecule has 9 nitrogen and oxygen atoms in total. The molecule has 0 spiro atoms. The first-order chi connectivity index (χ1) is 36.4. The van der Waals surface area contributed by atoms with Crippen molar-refractivity contribution in [2.45, 2.75) is 303 Å². The predicted molar refractivity (Wildman–Crippen MR) is 321 cm³/mol. The molecule has 1 N–H and O–H groups in total. The zero-order valence-corrected chi connectivity index (χ0v) is 50.9. The fourth-order valence-corrected chi connectivity index (χ4v) is 9.74. The number of phosphoric acid groups is 1. The van der Waals surface area contributed by atoms with Crippen LogP contribution in [0.5, 0.6) is 0 Å². The summed E-state index contributed by atoms with van der Waals surface area (Å²) in [5.74, 6) is -0.550. The summed E-state index contributed by atoms with van der Waals surface area (Å²) in [5.41, 5.74) is 0. The van der Waals surface area contributed by atoms with E-state index in [-0.39, 0.29) is 24.9 Å². The molecular formula is C65H121N2O7P. The van der Waals surface area contributed by atoms with Gasteiger partial charge in [-0.1, -0.05) is 249 Å². The summed E-state index contributed by atoms with van der Waals surface area (Å²) < 4.78 is 30.3. The summed E-state index contributed by atoms with van der Waals surface area (Å²) in [5, 5.41) is 3.03. The topological polar surface area (TPSA) is 114 Å². The number of rotatable bonds is 57. The molecule has 0 aromatic heterocycles. The van der Waals surface area contributed by atoms with Crippen molar-refractivity contribution < 1.29 is 37.3 Å². The SMILES string of the molecule is CCCCC/C=C\C/C=C\CCCCCCCCCCCCCCCC(=O)NC(COP(=O)([O-])OCC[N+](C)(C)C)C(/C=C\CCCCCCCCCCC)OC(=O)CCCCCCCC/C=C/C=C/CCCCC. The number of nitrogens with one attached hydrogen (secondary N) is 1. The van der Waals surface area contributed by atoms with Gasteiger partial charge in [0.25, 0.3) is 7.82 Å². The van der Waals surface area contributed by atoms with E-state index < -0.39 is 26.6 Å². The van der Waals surface area contributed by atoms with Gasteiger partial charge in [0.1, 0.15) is 19.3 Å². The highest BCUT2D eigenvalue weighted by molar-refractivity contribution is 7.45. The third-order valence-electron chi connectivity index (χ3n) is 13.9. The van der Waals surface area contributed by atoms with Crippen LogP contribution >= 0.6 is 7.82 Å². The number of esters is 1. The van der Waals surface area contributed by atoms with Crippen LogP contribution in [0.15, 0.2) is 60.8 Å². The maximum absolute atomic E-state index is 13.5. The number of likely N-dealkylation sites (N-methyl/N-ethyl adjacent to an activating group) is 1. The fraction of sp³-hybridized carbons (Fsp3) is 0.815. The van der Waals surface area contributed by atoms with Crippen molar-refractivity contribution in [2.24, 2.45) is 0 Å². The largest absolute Gasteiger partial charge is 0.756 e. The number of quaternary nitrogens is 1. The van der Waals surface area contributed by atoms with Crippen LogP contribution in [0.1, 0.15) is 290 Å². The Balaban J connectivity index is 5.14. The average Bonchev–Trinajstić information content (AvgIpc) is 3.37. The quantitative estimate of drug-likeness (QED) is 0.0161. The lowest BCUT2D eigenvalue weighted by molar-refractivity contribution is -0.870. The second-order valence-electron chi connectivity index (χ2n) is 22.6. The zero-order valence-electron chi connectivity index (χ0n) is 50.0. The second-order valence-corrected chi connectivity index (χ2v) is 24.0. The first kappa shape index (κ1) is 72.7. The Hall–Kier alpha value is -2.29. The van der Waals surface area contributed by atoms with Crippen molar-refractivity contribution in [3.63, 3.8) is 0 Å². The van der Waals surface area contributed by atoms with E-state index in [1.165, 1.54) is 173 Å². The first-order valence-electron chi connectivity index (χ1n) is 31.6. The second kappa shape index (κ2) is 55.0. The Bertz CT molecular complexity index is 1470. The molecule has 0 rings (SSSR count). The molecule has 1 amide bonds. The summed E-state index contributed by atoms with van der Waals surface area (Å²) in [7, 11) is 1.18. The number of hydrogen-bond acceptors (Lipinski definition) is 7. The number of hydrogen-bond donors (Lipinski definition) is 1. The number of phosphoric ester groups is 1. The van der Waals surface area contributed by atoms with Gasteiger partial charge in [-0.3, -0.25) is 14.2 Å². The van der Waals surface area contributed by atoms with E-state index in [2.05, 4.69) is 74.7 Å². The van der Waals surface area contributed by atoms with Crippen LogP contribution in [0, 0.1) is 0 Å². The highest BCUT2D eigenvalue weighted by atomic mass is 31.2. The monoisotopic (exact) mass is 1070 g/mol. The van der Waals surface area contributed by atoms with Crippen LogP contribution in [0.4, 0.5) is 0 Å². The van der Waals surface area contributed by atoms with E-state index in [1.54, 1.807) is 0 Å². The molecule has 438 valence electrons. The molecule has 0 aliphatic carbocycles. The summed E-state index contributed by atoms with van der Waals surface area (Å²) in [6, 6.07) is -0.893. The fourth-order valence-electron chi connectivity index (χ4n) is 9.01. The molecule has 0 bridgehead atoms. The molecule has 0 aromatic carbocycles. The predicted octanol–water partition coefficient (Wildman–Crippen LogP) is 18.8. The minimum atomic E-state index is -4.70. The minimum absolute atomic E-state index is 0.0250. The van der Waals surface area contributed by atoms with Crippen molar-refractivity contribution in [1.82, 2.24) is 5.32 Å². The van der Waals surface area contributed by atoms with Gasteiger partial charge in [-0.15, -0.1) is 0 Å². The van der Waals surface area contributed by atoms with Gasteiger partial charge < -0.3 is 28.5 Å². The van der Waals surface area contributed by atoms with Crippen molar-refractivity contribution in [1.29, 1.82) is 0 Å². The Morgan fingerprint density at radius 2 is 0.853 bits per heavy atom. The average molecular weight is 1070 g/mol. The van der Waals surface area contributed by atoms with Gasteiger partial charge >= 0.3 is 5.97 Å². The maximum Gasteiger partial charge on any atom is 0.306 e. The van der Waals surface area contributed by atoms with Gasteiger partial charge in [0, 0.05) is 12.8 Å². The smallest absolute Gasteiger partial charge is 0.306 e. The molecule has 10 heteroatoms. The van der Waals surface area contributed by atoms with Gasteiger partial charge in [-0.2, -0.15) is 0 Å². The molecule has 75 heavy (non-hydrogen) atoms. The van der Waals surface area contributed by atoms with Crippen LogP contribution < -0.4 is 10.2 Å². The van der Waals surface area contributed by atoms with Crippen molar-refractivity contribution in [3.8, 4) is 0 Å². The summed E-state index contributed by atoms with van der Waals surface area (Å²) >= 11 is 0. The lowest BCUT2D eigenvalue weighted by Gasteiger charge is -2.30. The van der Waals surface area contributed by atoms with Gasteiger partial charge in [0.15, 0.2) is 0 Å². The van der Waals surface area contributed by atoms with Crippen LogP contribution in [0.3, 0.4) is 0 Å². The minimum Gasteiger partial charge on any atom is -0.756 e. The van der Waals surface area contributed by atoms with E-state index in [0.29, 0.717) is 17.4 Å². The van der Waals surface area contributed by atoms with Crippen molar-refractivity contribution in [2.75, 3.05) is 40.9 Å². The highest BCUT2D eigenvalue weighted by Crippen LogP contribution is 2.38. The van der Waals surface area contributed by atoms with E-state index in [1.807, 2.05) is 33.3 Å². The van der Waals surface area contributed by atoms with Gasteiger partial charge in [-0.05, 0) is 89.5 Å². The Morgan fingerprint density at radius 3 is 1.31 bits per heavy atom.